The highest BCUT2D eigenvalue weighted by atomic mass is 16.6. The summed E-state index contributed by atoms with van der Waals surface area (Å²) in [6.45, 7) is 5.45. The first-order valence-electron chi connectivity index (χ1n) is 10.4. The number of Topliss-reactive ketones (excluding diaryl/α,β-unsaturated/α-hetero) is 1. The number of aromatic nitrogens is 1. The molecule has 0 N–H and O–H groups in total. The lowest BCUT2D eigenvalue weighted by molar-refractivity contribution is -0.150. The largest absolute Gasteiger partial charge is 0.497 e. The third kappa shape index (κ3) is 3.82. The third-order valence-electron chi connectivity index (χ3n) is 5.39. The number of allylic oxidation sites excluding steroid dienone is 1. The minimum atomic E-state index is -0.773. The van der Waals surface area contributed by atoms with Gasteiger partial charge in [0.15, 0.2) is 11.9 Å². The zero-order chi connectivity index (χ0) is 23.0. The Labute approximate surface area is 186 Å². The number of hydrogen-bond acceptors (Lipinski definition) is 6. The maximum absolute atomic E-state index is 13.1. The van der Waals surface area contributed by atoms with Gasteiger partial charge in [0, 0.05) is 35.8 Å². The van der Waals surface area contributed by atoms with Gasteiger partial charge in [0.25, 0.3) is 0 Å². The van der Waals surface area contributed by atoms with Crippen LogP contribution in [-0.2, 0) is 16.6 Å². The average molecular weight is 435 g/mol. The zero-order valence-electron chi connectivity index (χ0n) is 18.7. The summed E-state index contributed by atoms with van der Waals surface area (Å²) >= 11 is 0. The Morgan fingerprint density at radius 1 is 1.22 bits per heavy atom. The fourth-order valence-corrected chi connectivity index (χ4v) is 3.84. The molecule has 7 nitrogen and oxygen atoms in total. The summed E-state index contributed by atoms with van der Waals surface area (Å²) in [5, 5.41) is 0.954. The summed E-state index contributed by atoms with van der Waals surface area (Å²) in [4.78, 5) is 25.0. The van der Waals surface area contributed by atoms with Gasteiger partial charge in [0.2, 0.25) is 5.78 Å². The number of methoxy groups -OCH3 is 1. The molecule has 3 aromatic rings. The summed E-state index contributed by atoms with van der Waals surface area (Å²) in [6.07, 6.45) is 2.91. The fourth-order valence-electron chi connectivity index (χ4n) is 3.84. The van der Waals surface area contributed by atoms with Crippen molar-refractivity contribution >= 4 is 28.7 Å². The molecule has 166 valence electrons. The van der Waals surface area contributed by atoms with Crippen molar-refractivity contribution in [3.8, 4) is 17.2 Å². The number of carbonyl (C=O) groups excluding carboxylic acids is 2. The van der Waals surface area contributed by atoms with E-state index in [9.17, 15) is 9.59 Å². The van der Waals surface area contributed by atoms with Crippen molar-refractivity contribution in [3.63, 3.8) is 0 Å². The molecule has 1 atom stereocenters. The molecule has 4 rings (SSSR count). The highest BCUT2D eigenvalue weighted by molar-refractivity contribution is 6.16. The number of hydrogen-bond donors (Lipinski definition) is 0. The molecule has 0 radical (unpaired) electrons. The van der Waals surface area contributed by atoms with Crippen LogP contribution in [0.4, 0.5) is 0 Å². The van der Waals surface area contributed by atoms with E-state index in [4.69, 9.17) is 18.9 Å². The molecule has 32 heavy (non-hydrogen) atoms. The smallest absolute Gasteiger partial charge is 0.347 e. The predicted molar refractivity (Wildman–Crippen MR) is 120 cm³/mol. The van der Waals surface area contributed by atoms with Crippen LogP contribution in [0, 0.1) is 6.92 Å². The second-order valence-electron chi connectivity index (χ2n) is 7.64. The van der Waals surface area contributed by atoms with E-state index in [1.54, 1.807) is 39.2 Å². The maximum Gasteiger partial charge on any atom is 0.347 e. The first-order chi connectivity index (χ1) is 15.3. The van der Waals surface area contributed by atoms with Crippen LogP contribution < -0.4 is 14.2 Å². The molecule has 0 aliphatic carbocycles. The van der Waals surface area contributed by atoms with Crippen molar-refractivity contribution in [2.24, 2.45) is 7.05 Å². The molecule has 1 aromatic heterocycles. The Hall–Kier alpha value is -3.74. The van der Waals surface area contributed by atoms with Crippen molar-refractivity contribution in [1.29, 1.82) is 0 Å². The first-order valence-corrected chi connectivity index (χ1v) is 10.4. The average Bonchev–Trinajstić information content (AvgIpc) is 3.24. The molecule has 0 bridgehead atoms. The van der Waals surface area contributed by atoms with E-state index in [0.717, 1.165) is 22.2 Å². The van der Waals surface area contributed by atoms with E-state index in [-0.39, 0.29) is 18.1 Å². The van der Waals surface area contributed by atoms with E-state index in [1.807, 2.05) is 42.9 Å². The number of rotatable bonds is 6. The molecule has 0 saturated heterocycles. The summed E-state index contributed by atoms with van der Waals surface area (Å²) < 4.78 is 23.9. The van der Waals surface area contributed by atoms with Gasteiger partial charge in [-0.1, -0.05) is 0 Å². The van der Waals surface area contributed by atoms with Crippen LogP contribution in [0.25, 0.3) is 17.0 Å². The quantitative estimate of drug-likeness (QED) is 0.421. The van der Waals surface area contributed by atoms with Gasteiger partial charge in [0.05, 0.1) is 19.3 Å². The molecular formula is C25H25NO6. The molecule has 0 spiro atoms. The molecule has 2 heterocycles. The summed E-state index contributed by atoms with van der Waals surface area (Å²) in [5.74, 6) is 1.17. The van der Waals surface area contributed by atoms with Gasteiger partial charge < -0.3 is 23.5 Å². The predicted octanol–water partition coefficient (Wildman–Crippen LogP) is 4.44. The third-order valence-corrected chi connectivity index (χ3v) is 5.39. The fraction of sp³-hybridized carbons (Fsp3) is 0.280. The molecule has 1 aliphatic heterocycles. The summed E-state index contributed by atoms with van der Waals surface area (Å²) in [7, 11) is 3.56. The monoisotopic (exact) mass is 435 g/mol. The Kier molecular flexibility index (Phi) is 5.65. The number of ketones is 1. The highest BCUT2D eigenvalue weighted by Crippen LogP contribution is 2.38. The molecule has 0 saturated carbocycles. The first kappa shape index (κ1) is 21.5. The SMILES string of the molecule is CCOC(=O)C(C)Oc1cc(C)c2c(c1)O/C(=C\c1cn(C)c3ccc(OC)cc13)C2=O. The van der Waals surface area contributed by atoms with E-state index in [1.165, 1.54) is 0 Å². The lowest BCUT2D eigenvalue weighted by atomic mass is 10.0. The van der Waals surface area contributed by atoms with Gasteiger partial charge in [0.1, 0.15) is 17.2 Å². The Balaban J connectivity index is 1.66. The second-order valence-corrected chi connectivity index (χ2v) is 7.64. The number of benzene rings is 2. The number of carbonyl (C=O) groups is 2. The molecule has 2 aromatic carbocycles. The van der Waals surface area contributed by atoms with Crippen LogP contribution in [0.5, 0.6) is 17.2 Å². The lowest BCUT2D eigenvalue weighted by Gasteiger charge is -2.14. The standard InChI is InChI=1S/C25H25NO6/c1-6-30-25(28)15(3)31-18-9-14(2)23-21(12-18)32-22(24(23)27)10-16-13-26(4)20-8-7-17(29-5)11-19(16)20/h7-13,15H,6H2,1-5H3/b22-10-. The summed E-state index contributed by atoms with van der Waals surface area (Å²) in [5.41, 5.74) is 3.06. The number of fused-ring (bicyclic) bond motifs is 2. The van der Waals surface area contributed by atoms with Crippen LogP contribution in [0.2, 0.25) is 0 Å². The Bertz CT molecular complexity index is 1250. The minimum Gasteiger partial charge on any atom is -0.497 e. The van der Waals surface area contributed by atoms with Crippen LogP contribution in [0.15, 0.2) is 42.3 Å². The van der Waals surface area contributed by atoms with Crippen molar-refractivity contribution < 1.29 is 28.5 Å². The van der Waals surface area contributed by atoms with E-state index < -0.39 is 12.1 Å². The van der Waals surface area contributed by atoms with Gasteiger partial charge in [-0.05, 0) is 56.7 Å². The lowest BCUT2D eigenvalue weighted by Crippen LogP contribution is -2.26. The van der Waals surface area contributed by atoms with Crippen molar-refractivity contribution in [3.05, 3.63) is 59.0 Å². The maximum atomic E-state index is 13.1. The molecular weight excluding hydrogens is 410 g/mol. The number of esters is 1. The van der Waals surface area contributed by atoms with Crippen molar-refractivity contribution in [2.75, 3.05) is 13.7 Å². The van der Waals surface area contributed by atoms with E-state index in [2.05, 4.69) is 0 Å². The van der Waals surface area contributed by atoms with Crippen molar-refractivity contribution in [2.45, 2.75) is 26.9 Å². The van der Waals surface area contributed by atoms with Gasteiger partial charge in [-0.15, -0.1) is 0 Å². The number of ether oxygens (including phenoxy) is 4. The van der Waals surface area contributed by atoms with Gasteiger partial charge in [-0.25, -0.2) is 4.79 Å². The van der Waals surface area contributed by atoms with Gasteiger partial charge in [-0.2, -0.15) is 0 Å². The van der Waals surface area contributed by atoms with Crippen LogP contribution in [-0.4, -0.2) is 36.1 Å². The topological polar surface area (TPSA) is 76.0 Å². The van der Waals surface area contributed by atoms with Crippen LogP contribution in [0.3, 0.4) is 0 Å². The van der Waals surface area contributed by atoms with Gasteiger partial charge >= 0.3 is 5.97 Å². The van der Waals surface area contributed by atoms with E-state index in [0.29, 0.717) is 22.6 Å². The summed E-state index contributed by atoms with van der Waals surface area (Å²) in [6, 6.07) is 9.15. The molecule has 0 fully saturated rings. The van der Waals surface area contributed by atoms with E-state index >= 15 is 0 Å². The Morgan fingerprint density at radius 2 is 2.00 bits per heavy atom. The number of nitrogens with zero attached hydrogens (tertiary/aromatic N) is 1. The minimum absolute atomic E-state index is 0.192. The Morgan fingerprint density at radius 3 is 2.72 bits per heavy atom. The molecule has 1 unspecified atom stereocenters. The zero-order valence-corrected chi connectivity index (χ0v) is 18.7. The second kappa shape index (κ2) is 8.42. The molecule has 0 amide bonds. The molecule has 1 aliphatic rings. The normalized spacial score (nSPS) is 14.9. The number of aryl methyl sites for hydroxylation is 2. The molecule has 7 heteroatoms. The van der Waals surface area contributed by atoms with Crippen molar-refractivity contribution in [1.82, 2.24) is 4.57 Å². The van der Waals surface area contributed by atoms with Gasteiger partial charge in [-0.3, -0.25) is 4.79 Å². The van der Waals surface area contributed by atoms with Crippen LogP contribution in [0.1, 0.15) is 35.3 Å². The highest BCUT2D eigenvalue weighted by Gasteiger charge is 2.31. The van der Waals surface area contributed by atoms with Crippen LogP contribution >= 0.6 is 0 Å².